The summed E-state index contributed by atoms with van der Waals surface area (Å²) in [5.74, 6) is -6.66. The molecule has 0 aliphatic heterocycles. The smallest absolute Gasteiger partial charge is 0.194 e. The Labute approximate surface area is 148 Å². The van der Waals surface area contributed by atoms with Crippen molar-refractivity contribution in [1.82, 2.24) is 0 Å². The molecule has 0 bridgehead atoms. The number of allylic oxidation sites excluding steroid dienone is 5. The zero-order chi connectivity index (χ0) is 18.2. The first-order valence-electron chi connectivity index (χ1n) is 9.55. The average molecular weight is 356 g/mol. The molecule has 0 aromatic heterocycles. The molecule has 3 aliphatic rings. The van der Waals surface area contributed by atoms with Crippen molar-refractivity contribution >= 4 is 0 Å². The van der Waals surface area contributed by atoms with Crippen LogP contribution in [0.5, 0.6) is 0 Å². The van der Waals surface area contributed by atoms with Crippen molar-refractivity contribution in [2.75, 3.05) is 0 Å². The Bertz CT molecular complexity index is 556. The molecule has 2 fully saturated rings. The molecule has 0 heterocycles. The fraction of sp³-hybridized carbons (Fsp3) is 0.714. The second kappa shape index (κ2) is 6.92. The predicted molar refractivity (Wildman–Crippen MR) is 92.8 cm³/mol. The first kappa shape index (κ1) is 18.7. The molecule has 0 spiro atoms. The SMILES string of the molecule is C=CC1CCC(C2CCC(C3=CC=C(C)C(F)(F)C3(F)F)CC2)CC1. The van der Waals surface area contributed by atoms with Crippen molar-refractivity contribution in [3.05, 3.63) is 36.0 Å². The zero-order valence-electron chi connectivity index (χ0n) is 14.9. The van der Waals surface area contributed by atoms with Gasteiger partial charge in [-0.3, -0.25) is 0 Å². The Hall–Kier alpha value is -1.06. The van der Waals surface area contributed by atoms with Crippen LogP contribution in [0.2, 0.25) is 0 Å². The van der Waals surface area contributed by atoms with Crippen molar-refractivity contribution < 1.29 is 17.6 Å². The molecule has 0 atom stereocenters. The fourth-order valence-corrected chi connectivity index (χ4v) is 5.00. The summed E-state index contributed by atoms with van der Waals surface area (Å²) in [6.07, 6.45) is 12.2. The van der Waals surface area contributed by atoms with E-state index in [0.717, 1.165) is 19.8 Å². The highest BCUT2D eigenvalue weighted by Gasteiger charge is 2.61. The number of rotatable bonds is 3. The minimum Gasteiger partial charge on any atom is -0.194 e. The van der Waals surface area contributed by atoms with E-state index in [-0.39, 0.29) is 5.57 Å². The Morgan fingerprint density at radius 1 is 0.840 bits per heavy atom. The van der Waals surface area contributed by atoms with Crippen LogP contribution in [0.25, 0.3) is 0 Å². The second-order valence-electron chi connectivity index (χ2n) is 8.14. The normalized spacial score (nSPS) is 37.8. The van der Waals surface area contributed by atoms with Gasteiger partial charge >= 0.3 is 11.8 Å². The lowest BCUT2D eigenvalue weighted by molar-refractivity contribution is -0.168. The average Bonchev–Trinajstić information content (AvgIpc) is 2.61. The van der Waals surface area contributed by atoms with Crippen LogP contribution in [0, 0.1) is 23.7 Å². The molecule has 3 aliphatic carbocycles. The van der Waals surface area contributed by atoms with Gasteiger partial charge in [0.05, 0.1) is 0 Å². The molecule has 0 unspecified atom stereocenters. The van der Waals surface area contributed by atoms with Gasteiger partial charge in [-0.2, -0.15) is 17.6 Å². The lowest BCUT2D eigenvalue weighted by Crippen LogP contribution is -2.47. The number of hydrogen-bond acceptors (Lipinski definition) is 0. The van der Waals surface area contributed by atoms with E-state index < -0.39 is 23.3 Å². The number of hydrogen-bond donors (Lipinski definition) is 0. The molecule has 140 valence electrons. The van der Waals surface area contributed by atoms with E-state index in [1.54, 1.807) is 0 Å². The van der Waals surface area contributed by atoms with E-state index in [1.807, 2.05) is 6.08 Å². The van der Waals surface area contributed by atoms with E-state index in [2.05, 4.69) is 6.58 Å². The summed E-state index contributed by atoms with van der Waals surface area (Å²) in [5.41, 5.74) is -0.897. The molecule has 0 aromatic carbocycles. The van der Waals surface area contributed by atoms with Gasteiger partial charge < -0.3 is 0 Å². The minimum absolute atomic E-state index is 0.350. The van der Waals surface area contributed by atoms with Crippen molar-refractivity contribution in [3.63, 3.8) is 0 Å². The van der Waals surface area contributed by atoms with E-state index in [9.17, 15) is 17.6 Å². The summed E-state index contributed by atoms with van der Waals surface area (Å²) in [6.45, 7) is 4.95. The lowest BCUT2D eigenvalue weighted by atomic mass is 9.67. The van der Waals surface area contributed by atoms with Gasteiger partial charge in [0.15, 0.2) is 0 Å². The molecular formula is C21H28F4. The first-order valence-corrected chi connectivity index (χ1v) is 9.55. The molecule has 25 heavy (non-hydrogen) atoms. The highest BCUT2D eigenvalue weighted by molar-refractivity contribution is 5.38. The third-order valence-electron chi connectivity index (χ3n) is 6.79. The second-order valence-corrected chi connectivity index (χ2v) is 8.14. The maximum atomic E-state index is 14.3. The topological polar surface area (TPSA) is 0 Å². The van der Waals surface area contributed by atoms with Gasteiger partial charge in [0.25, 0.3) is 0 Å². The van der Waals surface area contributed by atoms with Crippen LogP contribution >= 0.6 is 0 Å². The summed E-state index contributed by atoms with van der Waals surface area (Å²) < 4.78 is 56.6. The Morgan fingerprint density at radius 3 is 1.88 bits per heavy atom. The van der Waals surface area contributed by atoms with E-state index in [0.29, 0.717) is 30.6 Å². The third kappa shape index (κ3) is 3.33. The van der Waals surface area contributed by atoms with Crippen LogP contribution in [0.1, 0.15) is 58.3 Å². The number of alkyl halides is 4. The van der Waals surface area contributed by atoms with Crippen molar-refractivity contribution in [3.8, 4) is 0 Å². The van der Waals surface area contributed by atoms with Crippen LogP contribution in [-0.4, -0.2) is 11.8 Å². The van der Waals surface area contributed by atoms with E-state index >= 15 is 0 Å². The van der Waals surface area contributed by atoms with Gasteiger partial charge in [-0.25, -0.2) is 0 Å². The van der Waals surface area contributed by atoms with E-state index in [1.165, 1.54) is 37.8 Å². The van der Waals surface area contributed by atoms with Gasteiger partial charge in [-0.15, -0.1) is 6.58 Å². The van der Waals surface area contributed by atoms with Crippen LogP contribution in [0.3, 0.4) is 0 Å². The molecular weight excluding hydrogens is 328 g/mol. The minimum atomic E-state index is -4.06. The van der Waals surface area contributed by atoms with Crippen molar-refractivity contribution in [1.29, 1.82) is 0 Å². The third-order valence-corrected chi connectivity index (χ3v) is 6.79. The molecule has 0 radical (unpaired) electrons. The molecule has 0 aromatic rings. The number of halogens is 4. The van der Waals surface area contributed by atoms with Gasteiger partial charge in [0.2, 0.25) is 0 Å². The summed E-state index contributed by atoms with van der Waals surface area (Å²) in [7, 11) is 0. The standard InChI is InChI=1S/C21H28F4/c1-3-15-5-7-16(8-6-15)17-9-11-18(12-10-17)19-13-4-14(2)20(22,23)21(19,24)25/h3-4,13,15-18H,1,5-12H2,2H3. The lowest BCUT2D eigenvalue weighted by Gasteiger charge is -2.41. The molecule has 0 saturated heterocycles. The highest BCUT2D eigenvalue weighted by Crippen LogP contribution is 2.52. The van der Waals surface area contributed by atoms with Crippen LogP contribution in [0.15, 0.2) is 36.0 Å². The molecule has 2 saturated carbocycles. The van der Waals surface area contributed by atoms with E-state index in [4.69, 9.17) is 0 Å². The Morgan fingerprint density at radius 2 is 1.36 bits per heavy atom. The van der Waals surface area contributed by atoms with Gasteiger partial charge in [0, 0.05) is 11.1 Å². The van der Waals surface area contributed by atoms with Crippen LogP contribution < -0.4 is 0 Å². The summed E-state index contributed by atoms with van der Waals surface area (Å²) in [5, 5.41) is 0. The highest BCUT2D eigenvalue weighted by atomic mass is 19.3. The molecule has 3 rings (SSSR count). The largest absolute Gasteiger partial charge is 0.336 e. The Kier molecular flexibility index (Phi) is 5.18. The van der Waals surface area contributed by atoms with Crippen LogP contribution in [0.4, 0.5) is 17.6 Å². The predicted octanol–water partition coefficient (Wildman–Crippen LogP) is 6.94. The Balaban J connectivity index is 1.62. The van der Waals surface area contributed by atoms with Crippen LogP contribution in [-0.2, 0) is 0 Å². The monoisotopic (exact) mass is 356 g/mol. The summed E-state index contributed by atoms with van der Waals surface area (Å²) in [4.78, 5) is 0. The quantitative estimate of drug-likeness (QED) is 0.379. The molecule has 0 amide bonds. The van der Waals surface area contributed by atoms with Gasteiger partial charge in [-0.05, 0) is 82.0 Å². The first-order chi connectivity index (χ1) is 11.8. The fourth-order valence-electron chi connectivity index (χ4n) is 5.00. The molecule has 0 N–H and O–H groups in total. The van der Waals surface area contributed by atoms with Gasteiger partial charge in [0.1, 0.15) is 0 Å². The molecule has 4 heteroatoms. The zero-order valence-corrected chi connectivity index (χ0v) is 14.9. The maximum absolute atomic E-state index is 14.3. The van der Waals surface area contributed by atoms with Gasteiger partial charge in [-0.1, -0.05) is 18.2 Å². The summed E-state index contributed by atoms with van der Waals surface area (Å²) >= 11 is 0. The van der Waals surface area contributed by atoms with Crippen molar-refractivity contribution in [2.45, 2.75) is 70.1 Å². The van der Waals surface area contributed by atoms with Crippen molar-refractivity contribution in [2.24, 2.45) is 23.7 Å². The summed E-state index contributed by atoms with van der Waals surface area (Å²) in [6, 6.07) is 0. The maximum Gasteiger partial charge on any atom is 0.336 e. The molecule has 0 nitrogen and oxygen atoms in total.